The fourth-order valence-electron chi connectivity index (χ4n) is 2.87. The van der Waals surface area contributed by atoms with Crippen molar-refractivity contribution in [2.45, 2.75) is 70.7 Å². The van der Waals surface area contributed by atoms with Crippen molar-refractivity contribution in [3.63, 3.8) is 0 Å². The van der Waals surface area contributed by atoms with Gasteiger partial charge in [-0.3, -0.25) is 0 Å². The van der Waals surface area contributed by atoms with Crippen molar-refractivity contribution in [3.05, 3.63) is 42.0 Å². The average Bonchev–Trinajstić information content (AvgIpc) is 2.45. The summed E-state index contributed by atoms with van der Waals surface area (Å²) in [6.45, 7) is 11.7. The highest BCUT2D eigenvalue weighted by atomic mass is 28.4. The number of rotatable bonds is 4. The molecule has 0 heterocycles. The highest BCUT2D eigenvalue weighted by Crippen LogP contribution is 2.40. The van der Waals surface area contributed by atoms with Crippen LogP contribution < -0.4 is 0 Å². The molecule has 2 atom stereocenters. The predicted octanol–water partition coefficient (Wildman–Crippen LogP) is 6.28. The third kappa shape index (κ3) is 4.82. The van der Waals surface area contributed by atoms with Gasteiger partial charge in [0.1, 0.15) is 0 Å². The van der Waals surface area contributed by atoms with E-state index in [0.717, 1.165) is 0 Å². The molecule has 1 aromatic carbocycles. The molecule has 2 rings (SSSR count). The minimum Gasteiger partial charge on any atom is -0.414 e. The van der Waals surface area contributed by atoms with Crippen LogP contribution in [0.5, 0.6) is 0 Å². The van der Waals surface area contributed by atoms with Gasteiger partial charge in [0.2, 0.25) is 0 Å². The van der Waals surface area contributed by atoms with E-state index in [9.17, 15) is 0 Å². The summed E-state index contributed by atoms with van der Waals surface area (Å²) in [4.78, 5) is 0. The summed E-state index contributed by atoms with van der Waals surface area (Å²) in [5.74, 6) is 0.670. The van der Waals surface area contributed by atoms with Crippen molar-refractivity contribution >= 4 is 14.4 Å². The van der Waals surface area contributed by atoms with Gasteiger partial charge < -0.3 is 4.43 Å². The van der Waals surface area contributed by atoms with Crippen molar-refractivity contribution < 1.29 is 4.43 Å². The monoisotopic (exact) mass is 316 g/mol. The summed E-state index contributed by atoms with van der Waals surface area (Å²) >= 11 is 0. The Kier molecular flexibility index (Phi) is 5.68. The van der Waals surface area contributed by atoms with Crippen molar-refractivity contribution in [2.75, 3.05) is 0 Å². The van der Waals surface area contributed by atoms with Crippen LogP contribution in [0.15, 0.2) is 36.4 Å². The van der Waals surface area contributed by atoms with Gasteiger partial charge in [0, 0.05) is 6.10 Å². The number of hydrogen-bond donors (Lipinski definition) is 0. The first-order valence-corrected chi connectivity index (χ1v) is 11.6. The van der Waals surface area contributed by atoms with Crippen LogP contribution in [0.3, 0.4) is 0 Å². The van der Waals surface area contributed by atoms with Gasteiger partial charge in [-0.15, -0.1) is 0 Å². The molecule has 0 spiro atoms. The summed E-state index contributed by atoms with van der Waals surface area (Å²) in [7, 11) is -1.63. The molecule has 122 valence electrons. The second-order valence-electron chi connectivity index (χ2n) is 8.20. The quantitative estimate of drug-likeness (QED) is 0.594. The van der Waals surface area contributed by atoms with E-state index in [1.54, 1.807) is 0 Å². The fraction of sp³-hybridized carbons (Fsp3) is 0.600. The highest BCUT2D eigenvalue weighted by Gasteiger charge is 2.39. The van der Waals surface area contributed by atoms with Crippen LogP contribution in [0.1, 0.15) is 52.0 Å². The van der Waals surface area contributed by atoms with Gasteiger partial charge in [-0.1, -0.05) is 69.7 Å². The second-order valence-corrected chi connectivity index (χ2v) is 13.0. The third-order valence-electron chi connectivity index (χ3n) is 5.29. The smallest absolute Gasteiger partial charge is 0.192 e. The molecule has 0 radical (unpaired) electrons. The maximum absolute atomic E-state index is 6.63. The van der Waals surface area contributed by atoms with Crippen LogP contribution >= 0.6 is 0 Å². The Labute approximate surface area is 137 Å². The Morgan fingerprint density at radius 2 is 1.77 bits per heavy atom. The molecule has 1 saturated carbocycles. The van der Waals surface area contributed by atoms with Gasteiger partial charge in [0.25, 0.3) is 0 Å². The highest BCUT2D eigenvalue weighted by molar-refractivity contribution is 6.74. The van der Waals surface area contributed by atoms with E-state index >= 15 is 0 Å². The lowest BCUT2D eigenvalue weighted by molar-refractivity contribution is 0.121. The Hall–Kier alpha value is -0.863. The minimum atomic E-state index is -1.63. The van der Waals surface area contributed by atoms with E-state index in [2.05, 4.69) is 76.3 Å². The largest absolute Gasteiger partial charge is 0.414 e. The van der Waals surface area contributed by atoms with Gasteiger partial charge in [-0.25, -0.2) is 0 Å². The first kappa shape index (κ1) is 17.5. The molecule has 1 aromatic rings. The third-order valence-corrected chi connectivity index (χ3v) is 9.83. The molecular weight excluding hydrogens is 284 g/mol. The second kappa shape index (κ2) is 7.14. The lowest BCUT2D eigenvalue weighted by Crippen LogP contribution is -2.44. The number of allylic oxidation sites excluding steroid dienone is 1. The summed E-state index contributed by atoms with van der Waals surface area (Å²) < 4.78 is 6.63. The number of hydrogen-bond acceptors (Lipinski definition) is 1. The van der Waals surface area contributed by atoms with Crippen molar-refractivity contribution in [2.24, 2.45) is 5.92 Å². The summed E-state index contributed by atoms with van der Waals surface area (Å²) in [5.41, 5.74) is 1.30. The zero-order chi connectivity index (χ0) is 16.2. The van der Waals surface area contributed by atoms with Crippen LogP contribution in [-0.2, 0) is 4.43 Å². The fourth-order valence-corrected chi connectivity index (χ4v) is 4.27. The van der Waals surface area contributed by atoms with Gasteiger partial charge in [0.15, 0.2) is 8.32 Å². The minimum absolute atomic E-state index is 0.305. The first-order chi connectivity index (χ1) is 10.3. The molecule has 1 aliphatic carbocycles. The van der Waals surface area contributed by atoms with Crippen molar-refractivity contribution in [3.8, 4) is 0 Å². The normalized spacial score (nSPS) is 23.9. The molecule has 0 aromatic heterocycles. The summed E-state index contributed by atoms with van der Waals surface area (Å²) in [5, 5.41) is 0.305. The molecule has 1 nitrogen and oxygen atoms in total. The topological polar surface area (TPSA) is 9.23 Å². The van der Waals surface area contributed by atoms with Crippen LogP contribution in [0, 0.1) is 5.92 Å². The Morgan fingerprint density at radius 3 is 2.41 bits per heavy atom. The van der Waals surface area contributed by atoms with Gasteiger partial charge >= 0.3 is 0 Å². The van der Waals surface area contributed by atoms with Crippen molar-refractivity contribution in [1.29, 1.82) is 0 Å². The van der Waals surface area contributed by atoms with E-state index < -0.39 is 8.32 Å². The predicted molar refractivity (Wildman–Crippen MR) is 99.5 cm³/mol. The molecular formula is C20H32OSi. The van der Waals surface area contributed by atoms with E-state index in [-0.39, 0.29) is 0 Å². The van der Waals surface area contributed by atoms with E-state index in [1.807, 2.05) is 0 Å². The molecule has 0 N–H and O–H groups in total. The SMILES string of the molecule is CC(C)(C)[Si](C)(C)O[C@H]1CCC[C@@H](/C=C/c2ccccc2)C1. The van der Waals surface area contributed by atoms with Crippen LogP contribution in [-0.4, -0.2) is 14.4 Å². The summed E-state index contributed by atoms with van der Waals surface area (Å²) in [6.07, 6.45) is 10.2. The molecule has 22 heavy (non-hydrogen) atoms. The molecule has 1 fully saturated rings. The number of benzene rings is 1. The summed E-state index contributed by atoms with van der Waals surface area (Å²) in [6, 6.07) is 10.6. The van der Waals surface area contributed by atoms with Gasteiger partial charge in [-0.05, 0) is 48.9 Å². The maximum Gasteiger partial charge on any atom is 0.192 e. The molecule has 0 bridgehead atoms. The molecule has 0 aliphatic heterocycles. The molecule has 0 saturated heterocycles. The molecule has 0 unspecified atom stereocenters. The first-order valence-electron chi connectivity index (χ1n) is 8.69. The van der Waals surface area contributed by atoms with Crippen LogP contribution in [0.4, 0.5) is 0 Å². The Bertz CT molecular complexity index is 484. The van der Waals surface area contributed by atoms with Crippen LogP contribution in [0.25, 0.3) is 6.08 Å². The van der Waals surface area contributed by atoms with E-state index in [4.69, 9.17) is 4.43 Å². The molecule has 0 amide bonds. The molecule has 2 heteroatoms. The zero-order valence-corrected chi connectivity index (χ0v) is 15.9. The van der Waals surface area contributed by atoms with Gasteiger partial charge in [0.05, 0.1) is 0 Å². The van der Waals surface area contributed by atoms with Crippen molar-refractivity contribution in [1.82, 2.24) is 0 Å². The average molecular weight is 317 g/mol. The standard InChI is InChI=1S/C20H32OSi/c1-20(2,3)22(4,5)21-19-13-9-12-18(16-19)15-14-17-10-7-6-8-11-17/h6-8,10-11,14-15,18-19H,9,12-13,16H2,1-5H3/b15-14+/t18-,19-/m0/s1. The lowest BCUT2D eigenvalue weighted by atomic mass is 9.87. The van der Waals surface area contributed by atoms with Gasteiger partial charge in [-0.2, -0.15) is 0 Å². The Morgan fingerprint density at radius 1 is 1.09 bits per heavy atom. The Balaban J connectivity index is 1.93. The van der Waals surface area contributed by atoms with E-state index in [1.165, 1.54) is 31.2 Å². The van der Waals surface area contributed by atoms with E-state index in [0.29, 0.717) is 17.1 Å². The van der Waals surface area contributed by atoms with Crippen LogP contribution in [0.2, 0.25) is 18.1 Å². The lowest BCUT2D eigenvalue weighted by Gasteiger charge is -2.41. The molecule has 1 aliphatic rings. The zero-order valence-electron chi connectivity index (χ0n) is 14.9. The maximum atomic E-state index is 6.63.